The van der Waals surface area contributed by atoms with E-state index < -0.39 is 0 Å². The van der Waals surface area contributed by atoms with E-state index in [1.54, 1.807) is 6.20 Å². The van der Waals surface area contributed by atoms with Crippen LogP contribution in [-0.2, 0) is 0 Å². The second-order valence-corrected chi connectivity index (χ2v) is 6.46. The second kappa shape index (κ2) is 6.22. The fourth-order valence-electron chi connectivity index (χ4n) is 2.93. The van der Waals surface area contributed by atoms with Crippen molar-refractivity contribution in [3.05, 3.63) is 66.1 Å². The third kappa shape index (κ3) is 2.64. The zero-order valence-corrected chi connectivity index (χ0v) is 14.7. The summed E-state index contributed by atoms with van der Waals surface area (Å²) in [6, 6.07) is 13.4. The first-order chi connectivity index (χ1) is 12.2. The lowest BCUT2D eigenvalue weighted by molar-refractivity contribution is 0.102. The van der Waals surface area contributed by atoms with Gasteiger partial charge in [0.05, 0.1) is 16.7 Å². The Labute approximate surface area is 149 Å². The van der Waals surface area contributed by atoms with E-state index in [2.05, 4.69) is 15.3 Å². The molecule has 0 saturated carbocycles. The zero-order chi connectivity index (χ0) is 17.4. The van der Waals surface area contributed by atoms with Gasteiger partial charge in [-0.2, -0.15) is 0 Å². The SMILES string of the molecule is CSc1nc(C(=O)Nc2ccc(C)c3ncccc23)c2ccccn12. The minimum Gasteiger partial charge on any atom is -0.320 e. The number of benzene rings is 1. The molecule has 0 saturated heterocycles. The van der Waals surface area contributed by atoms with Gasteiger partial charge in [0.2, 0.25) is 0 Å². The van der Waals surface area contributed by atoms with Gasteiger partial charge in [-0.3, -0.25) is 14.2 Å². The molecule has 0 aliphatic heterocycles. The van der Waals surface area contributed by atoms with Crippen molar-refractivity contribution < 1.29 is 4.79 Å². The van der Waals surface area contributed by atoms with Crippen LogP contribution in [0.2, 0.25) is 0 Å². The summed E-state index contributed by atoms with van der Waals surface area (Å²) in [6.07, 6.45) is 5.62. The Morgan fingerprint density at radius 2 is 2.04 bits per heavy atom. The summed E-state index contributed by atoms with van der Waals surface area (Å²) < 4.78 is 1.92. The maximum absolute atomic E-state index is 12.9. The van der Waals surface area contributed by atoms with Gasteiger partial charge in [-0.25, -0.2) is 4.98 Å². The Hall–Kier alpha value is -2.86. The van der Waals surface area contributed by atoms with Gasteiger partial charge >= 0.3 is 0 Å². The Morgan fingerprint density at radius 1 is 1.16 bits per heavy atom. The van der Waals surface area contributed by atoms with E-state index in [4.69, 9.17) is 0 Å². The van der Waals surface area contributed by atoms with Crippen molar-refractivity contribution in [1.29, 1.82) is 0 Å². The molecule has 124 valence electrons. The molecule has 5 nitrogen and oxygen atoms in total. The zero-order valence-electron chi connectivity index (χ0n) is 13.9. The smallest absolute Gasteiger partial charge is 0.276 e. The van der Waals surface area contributed by atoms with E-state index in [0.29, 0.717) is 5.69 Å². The summed E-state index contributed by atoms with van der Waals surface area (Å²) in [4.78, 5) is 21.8. The van der Waals surface area contributed by atoms with Gasteiger partial charge < -0.3 is 5.32 Å². The number of aryl methyl sites for hydroxylation is 1. The Morgan fingerprint density at radius 3 is 2.88 bits per heavy atom. The number of thioether (sulfide) groups is 1. The molecule has 0 fully saturated rings. The van der Waals surface area contributed by atoms with Gasteiger partial charge in [0.25, 0.3) is 5.91 Å². The first-order valence-corrected chi connectivity index (χ1v) is 9.08. The maximum Gasteiger partial charge on any atom is 0.276 e. The lowest BCUT2D eigenvalue weighted by Crippen LogP contribution is -2.13. The van der Waals surface area contributed by atoms with E-state index in [-0.39, 0.29) is 5.91 Å². The molecule has 0 aliphatic carbocycles. The van der Waals surface area contributed by atoms with E-state index in [0.717, 1.165) is 32.8 Å². The highest BCUT2D eigenvalue weighted by Gasteiger charge is 2.18. The van der Waals surface area contributed by atoms with Gasteiger partial charge in [-0.15, -0.1) is 0 Å². The number of hydrogen-bond acceptors (Lipinski definition) is 4. The maximum atomic E-state index is 12.9. The molecule has 0 radical (unpaired) electrons. The minimum atomic E-state index is -0.224. The van der Waals surface area contributed by atoms with Crippen molar-refractivity contribution in [1.82, 2.24) is 14.4 Å². The van der Waals surface area contributed by atoms with Crippen molar-refractivity contribution in [2.45, 2.75) is 12.1 Å². The van der Waals surface area contributed by atoms with Crippen LogP contribution in [-0.4, -0.2) is 26.5 Å². The molecule has 3 heterocycles. The van der Waals surface area contributed by atoms with Crippen LogP contribution in [0, 0.1) is 6.92 Å². The van der Waals surface area contributed by atoms with Crippen LogP contribution >= 0.6 is 11.8 Å². The number of nitrogens with one attached hydrogen (secondary N) is 1. The molecule has 4 aromatic rings. The lowest BCUT2D eigenvalue weighted by Gasteiger charge is -2.09. The summed E-state index contributed by atoms with van der Waals surface area (Å²) in [5.74, 6) is -0.224. The number of carbonyl (C=O) groups excluding carboxylic acids is 1. The van der Waals surface area contributed by atoms with Gasteiger partial charge in [-0.1, -0.05) is 23.9 Å². The molecule has 1 N–H and O–H groups in total. The fourth-order valence-corrected chi connectivity index (χ4v) is 3.46. The molecule has 1 amide bonds. The number of pyridine rings is 2. The number of nitrogens with zero attached hydrogens (tertiary/aromatic N) is 3. The van der Waals surface area contributed by atoms with Gasteiger partial charge in [0.15, 0.2) is 10.9 Å². The number of imidazole rings is 1. The highest BCUT2D eigenvalue weighted by atomic mass is 32.2. The van der Waals surface area contributed by atoms with Crippen LogP contribution in [0.4, 0.5) is 5.69 Å². The number of rotatable bonds is 3. The third-order valence-electron chi connectivity index (χ3n) is 4.13. The van der Waals surface area contributed by atoms with E-state index >= 15 is 0 Å². The molecule has 25 heavy (non-hydrogen) atoms. The Kier molecular flexibility index (Phi) is 3.89. The molecular weight excluding hydrogens is 332 g/mol. The van der Waals surface area contributed by atoms with Crippen LogP contribution in [0.25, 0.3) is 16.4 Å². The van der Waals surface area contributed by atoms with Crippen LogP contribution in [0.5, 0.6) is 0 Å². The standard InChI is InChI=1S/C19H16N4OS/c1-12-8-9-14(13-6-5-10-20-16(12)13)21-18(24)17-15-7-3-4-11-23(15)19(22-17)25-2/h3-11H,1-2H3,(H,21,24). The fraction of sp³-hybridized carbons (Fsp3) is 0.105. The van der Waals surface area contributed by atoms with Crippen LogP contribution in [0.3, 0.4) is 0 Å². The Balaban J connectivity index is 1.78. The highest BCUT2D eigenvalue weighted by molar-refractivity contribution is 7.98. The molecule has 3 aromatic heterocycles. The monoisotopic (exact) mass is 348 g/mol. The predicted molar refractivity (Wildman–Crippen MR) is 101 cm³/mol. The van der Waals surface area contributed by atoms with Crippen molar-refractivity contribution in [2.24, 2.45) is 0 Å². The number of carbonyl (C=O) groups is 1. The van der Waals surface area contributed by atoms with Crippen LogP contribution < -0.4 is 5.32 Å². The molecular formula is C19H16N4OS. The number of anilines is 1. The number of fused-ring (bicyclic) bond motifs is 2. The summed E-state index contributed by atoms with van der Waals surface area (Å²) in [6.45, 7) is 2.01. The second-order valence-electron chi connectivity index (χ2n) is 5.69. The van der Waals surface area contributed by atoms with Crippen molar-refractivity contribution in [2.75, 3.05) is 11.6 Å². The number of hydrogen-bond donors (Lipinski definition) is 1. The first kappa shape index (κ1) is 15.7. The number of amides is 1. The van der Waals surface area contributed by atoms with Crippen molar-refractivity contribution >= 4 is 39.8 Å². The van der Waals surface area contributed by atoms with Crippen molar-refractivity contribution in [3.8, 4) is 0 Å². The molecule has 6 heteroatoms. The van der Waals surface area contributed by atoms with Gasteiger partial charge in [-0.05, 0) is 49.1 Å². The largest absolute Gasteiger partial charge is 0.320 e. The summed E-state index contributed by atoms with van der Waals surface area (Å²) in [5, 5.41) is 4.70. The molecule has 0 aliphatic rings. The topological polar surface area (TPSA) is 59.3 Å². The normalized spacial score (nSPS) is 11.1. The number of aromatic nitrogens is 3. The average Bonchev–Trinajstić information content (AvgIpc) is 3.03. The quantitative estimate of drug-likeness (QED) is 0.565. The van der Waals surface area contributed by atoms with E-state index in [1.807, 2.05) is 66.2 Å². The summed E-state index contributed by atoms with van der Waals surface area (Å²) in [5.41, 5.74) is 3.91. The molecule has 0 bridgehead atoms. The minimum absolute atomic E-state index is 0.224. The molecule has 1 aromatic carbocycles. The predicted octanol–water partition coefficient (Wildman–Crippen LogP) is 4.17. The van der Waals surface area contributed by atoms with Crippen LogP contribution in [0.1, 0.15) is 16.1 Å². The Bertz CT molecular complexity index is 1100. The molecule has 0 spiro atoms. The highest BCUT2D eigenvalue weighted by Crippen LogP contribution is 2.26. The molecule has 4 rings (SSSR count). The molecule has 0 atom stereocenters. The third-order valence-corrected chi connectivity index (χ3v) is 4.79. The van der Waals surface area contributed by atoms with Crippen LogP contribution in [0.15, 0.2) is 60.0 Å². The van der Waals surface area contributed by atoms with E-state index in [9.17, 15) is 4.79 Å². The van der Waals surface area contributed by atoms with Gasteiger partial charge in [0.1, 0.15) is 0 Å². The average molecular weight is 348 g/mol. The summed E-state index contributed by atoms with van der Waals surface area (Å²) in [7, 11) is 0. The van der Waals surface area contributed by atoms with Gasteiger partial charge in [0, 0.05) is 17.8 Å². The first-order valence-electron chi connectivity index (χ1n) is 7.86. The summed E-state index contributed by atoms with van der Waals surface area (Å²) >= 11 is 1.51. The lowest BCUT2D eigenvalue weighted by atomic mass is 10.1. The van der Waals surface area contributed by atoms with Crippen molar-refractivity contribution in [3.63, 3.8) is 0 Å². The van der Waals surface area contributed by atoms with E-state index in [1.165, 1.54) is 11.8 Å². The molecule has 0 unspecified atom stereocenters.